The van der Waals surface area contributed by atoms with Crippen molar-refractivity contribution in [2.75, 3.05) is 6.54 Å². The highest BCUT2D eigenvalue weighted by Gasteiger charge is 2.07. The van der Waals surface area contributed by atoms with Crippen LogP contribution < -0.4 is 5.32 Å². The zero-order chi connectivity index (χ0) is 9.68. The number of hydrogen-bond acceptors (Lipinski definition) is 2. The van der Waals surface area contributed by atoms with Gasteiger partial charge in [0.05, 0.1) is 9.83 Å². The van der Waals surface area contributed by atoms with Crippen LogP contribution in [0.4, 0.5) is 0 Å². The summed E-state index contributed by atoms with van der Waals surface area (Å²) >= 11 is 5.16. The number of halogens is 1. The van der Waals surface area contributed by atoms with Crippen molar-refractivity contribution in [3.63, 3.8) is 0 Å². The van der Waals surface area contributed by atoms with Crippen LogP contribution in [0.1, 0.15) is 24.9 Å². The van der Waals surface area contributed by atoms with Crippen molar-refractivity contribution in [2.45, 2.75) is 19.4 Å². The largest absolute Gasteiger partial charge is 0.307 e. The molecule has 1 nitrogen and oxygen atoms in total. The van der Waals surface area contributed by atoms with E-state index in [9.17, 15) is 0 Å². The molecule has 13 heavy (non-hydrogen) atoms. The fourth-order valence-electron chi connectivity index (χ4n) is 1.12. The molecule has 1 aromatic rings. The van der Waals surface area contributed by atoms with E-state index in [1.165, 1.54) is 9.35 Å². The molecule has 0 saturated heterocycles. The van der Waals surface area contributed by atoms with Gasteiger partial charge in [-0.2, -0.15) is 0 Å². The van der Waals surface area contributed by atoms with E-state index in [2.05, 4.69) is 46.2 Å². The summed E-state index contributed by atoms with van der Waals surface area (Å²) in [6.07, 6.45) is 3.10. The van der Waals surface area contributed by atoms with Gasteiger partial charge in [0.15, 0.2) is 0 Å². The van der Waals surface area contributed by atoms with Crippen molar-refractivity contribution in [1.82, 2.24) is 5.32 Å². The van der Waals surface area contributed by atoms with Gasteiger partial charge in [-0.3, -0.25) is 0 Å². The van der Waals surface area contributed by atoms with Crippen LogP contribution in [0.5, 0.6) is 0 Å². The fourth-order valence-corrected chi connectivity index (χ4v) is 2.34. The summed E-state index contributed by atoms with van der Waals surface area (Å²) in [5.74, 6) is 0. The van der Waals surface area contributed by atoms with E-state index in [-0.39, 0.29) is 0 Å². The predicted molar refractivity (Wildman–Crippen MR) is 63.3 cm³/mol. The van der Waals surface area contributed by atoms with Crippen molar-refractivity contribution in [3.8, 4) is 0 Å². The molecule has 0 radical (unpaired) electrons. The van der Waals surface area contributed by atoms with E-state index in [0.29, 0.717) is 6.04 Å². The molecule has 0 aromatic carbocycles. The summed E-state index contributed by atoms with van der Waals surface area (Å²) in [5, 5.41) is 5.57. The molecule has 0 aliphatic heterocycles. The Morgan fingerprint density at radius 3 is 3.00 bits per heavy atom. The molecule has 72 valence electrons. The van der Waals surface area contributed by atoms with Crippen LogP contribution >= 0.6 is 27.3 Å². The zero-order valence-electron chi connectivity index (χ0n) is 7.72. The molecule has 0 spiro atoms. The molecule has 0 amide bonds. The molecule has 0 aliphatic rings. The van der Waals surface area contributed by atoms with Crippen LogP contribution in [0.3, 0.4) is 0 Å². The Hall–Kier alpha value is -0.120. The van der Waals surface area contributed by atoms with Crippen molar-refractivity contribution in [3.05, 3.63) is 33.5 Å². The second-order valence-electron chi connectivity index (χ2n) is 2.85. The molecule has 0 aliphatic carbocycles. The van der Waals surface area contributed by atoms with Gasteiger partial charge in [-0.15, -0.1) is 17.9 Å². The second kappa shape index (κ2) is 5.58. The maximum atomic E-state index is 3.83. The topological polar surface area (TPSA) is 12.0 Å². The van der Waals surface area contributed by atoms with E-state index in [0.717, 1.165) is 13.0 Å². The average molecular weight is 260 g/mol. The lowest BCUT2D eigenvalue weighted by Crippen LogP contribution is -2.19. The lowest BCUT2D eigenvalue weighted by Gasteiger charge is -2.11. The van der Waals surface area contributed by atoms with Crippen LogP contribution in [0.2, 0.25) is 0 Å². The van der Waals surface area contributed by atoms with Crippen LogP contribution in [0.25, 0.3) is 0 Å². The Morgan fingerprint density at radius 2 is 2.54 bits per heavy atom. The summed E-state index contributed by atoms with van der Waals surface area (Å²) in [4.78, 5) is 0. The normalized spacial score (nSPS) is 12.8. The molecule has 1 heterocycles. The lowest BCUT2D eigenvalue weighted by molar-refractivity contribution is 0.615. The van der Waals surface area contributed by atoms with Crippen LogP contribution in [-0.2, 0) is 0 Å². The molecular weight excluding hydrogens is 246 g/mol. The third-order valence-electron chi connectivity index (χ3n) is 1.80. The van der Waals surface area contributed by atoms with Gasteiger partial charge < -0.3 is 5.32 Å². The van der Waals surface area contributed by atoms with Gasteiger partial charge in [-0.25, -0.2) is 0 Å². The summed E-state index contributed by atoms with van der Waals surface area (Å²) < 4.78 is 1.17. The van der Waals surface area contributed by atoms with Crippen LogP contribution in [0, 0.1) is 0 Å². The van der Waals surface area contributed by atoms with E-state index < -0.39 is 0 Å². The Bertz CT molecular complexity index is 270. The van der Waals surface area contributed by atoms with E-state index in [1.54, 1.807) is 11.3 Å². The maximum Gasteiger partial charge on any atom is 0.0701 e. The molecule has 3 heteroatoms. The van der Waals surface area contributed by atoms with Crippen molar-refractivity contribution in [1.29, 1.82) is 0 Å². The molecule has 1 atom stereocenters. The van der Waals surface area contributed by atoms with Gasteiger partial charge in [0, 0.05) is 0 Å². The molecule has 1 aromatic heterocycles. The molecule has 0 bridgehead atoms. The number of nitrogens with one attached hydrogen (secondary N) is 1. The minimum Gasteiger partial charge on any atom is -0.307 e. The zero-order valence-corrected chi connectivity index (χ0v) is 10.1. The molecule has 1 unspecified atom stereocenters. The first-order valence-corrected chi connectivity index (χ1v) is 6.05. The number of hydrogen-bond donors (Lipinski definition) is 1. The fraction of sp³-hybridized carbons (Fsp3) is 0.400. The van der Waals surface area contributed by atoms with E-state index >= 15 is 0 Å². The summed E-state index contributed by atoms with van der Waals surface area (Å²) in [7, 11) is 0. The first-order chi connectivity index (χ1) is 6.27. The highest BCUT2D eigenvalue weighted by Crippen LogP contribution is 2.25. The first kappa shape index (κ1) is 11.0. The first-order valence-electron chi connectivity index (χ1n) is 4.37. The second-order valence-corrected chi connectivity index (χ2v) is 5.14. The van der Waals surface area contributed by atoms with Gasteiger partial charge >= 0.3 is 0 Å². The van der Waals surface area contributed by atoms with E-state index in [1.807, 2.05) is 6.08 Å². The Balaban J connectivity index is 2.61. The third kappa shape index (κ3) is 3.25. The summed E-state index contributed by atoms with van der Waals surface area (Å²) in [6, 6.07) is 2.43. The quantitative estimate of drug-likeness (QED) is 0.795. The predicted octanol–water partition coefficient (Wildman–Crippen LogP) is 3.74. The Kier molecular flexibility index (Phi) is 4.70. The minimum atomic E-state index is 0.294. The summed E-state index contributed by atoms with van der Waals surface area (Å²) in [5.41, 5.74) is 1.29. The van der Waals surface area contributed by atoms with Gasteiger partial charge in [0.25, 0.3) is 0 Å². The van der Waals surface area contributed by atoms with Gasteiger partial charge in [0.1, 0.15) is 0 Å². The van der Waals surface area contributed by atoms with Crippen molar-refractivity contribution >= 4 is 27.3 Å². The highest BCUT2D eigenvalue weighted by atomic mass is 79.9. The molecule has 0 fully saturated rings. The summed E-state index contributed by atoms with van der Waals surface area (Å²) in [6.45, 7) is 7.02. The Morgan fingerprint density at radius 1 is 1.77 bits per heavy atom. The van der Waals surface area contributed by atoms with Gasteiger partial charge in [-0.05, 0) is 45.9 Å². The average Bonchev–Trinajstić information content (AvgIpc) is 2.54. The Labute approximate surface area is 92.0 Å². The number of thiophene rings is 1. The van der Waals surface area contributed by atoms with Crippen molar-refractivity contribution in [2.24, 2.45) is 0 Å². The molecule has 1 N–H and O–H groups in total. The maximum absolute atomic E-state index is 3.83. The van der Waals surface area contributed by atoms with Crippen molar-refractivity contribution < 1.29 is 0 Å². The lowest BCUT2D eigenvalue weighted by atomic mass is 10.1. The number of rotatable bonds is 5. The monoisotopic (exact) mass is 259 g/mol. The smallest absolute Gasteiger partial charge is 0.0701 e. The minimum absolute atomic E-state index is 0.294. The van der Waals surface area contributed by atoms with Gasteiger partial charge in [-0.1, -0.05) is 13.0 Å². The third-order valence-corrected chi connectivity index (χ3v) is 3.32. The molecule has 1 rings (SSSR count). The van der Waals surface area contributed by atoms with Crippen LogP contribution in [0.15, 0.2) is 27.9 Å². The molecular formula is C10H14BrNS. The SMILES string of the molecule is C=CC(NCCC)c1csc(Br)c1. The van der Waals surface area contributed by atoms with Crippen LogP contribution in [-0.4, -0.2) is 6.54 Å². The highest BCUT2D eigenvalue weighted by molar-refractivity contribution is 9.11. The van der Waals surface area contributed by atoms with Gasteiger partial charge in [0.2, 0.25) is 0 Å². The molecule has 0 saturated carbocycles. The van der Waals surface area contributed by atoms with E-state index in [4.69, 9.17) is 0 Å². The standard InChI is InChI=1S/C10H14BrNS/c1-3-5-12-9(4-2)8-6-10(11)13-7-8/h4,6-7,9,12H,2-3,5H2,1H3.